The molecule has 34 heavy (non-hydrogen) atoms. The number of sulfonamides is 1. The number of aliphatic hydroxyl groups excluding tert-OH is 1. The number of allylic oxidation sites excluding steroid dienone is 1. The van der Waals surface area contributed by atoms with Gasteiger partial charge in [0.05, 0.1) is 18.7 Å². The number of likely N-dealkylation sites (N-methyl/N-ethyl adjacent to an activating group) is 1. The zero-order valence-electron chi connectivity index (χ0n) is 19.8. The van der Waals surface area contributed by atoms with Crippen molar-refractivity contribution >= 4 is 22.0 Å². The lowest BCUT2D eigenvalue weighted by Gasteiger charge is -2.37. The van der Waals surface area contributed by atoms with E-state index in [-0.39, 0.29) is 41.8 Å². The number of ether oxygens (including phenoxy) is 1. The quantitative estimate of drug-likeness (QED) is 0.671. The van der Waals surface area contributed by atoms with Crippen LogP contribution < -0.4 is 4.74 Å². The minimum Gasteiger partial charge on any atom is -0.487 e. The monoisotopic (exact) mass is 490 g/mol. The normalized spacial score (nSPS) is 21.2. The Morgan fingerprint density at radius 2 is 2.03 bits per heavy atom. The molecular formula is C25H31FN2O5S. The number of carbonyl (C=O) groups is 1. The summed E-state index contributed by atoms with van der Waals surface area (Å²) < 4.78 is 48.6. The Bertz CT molecular complexity index is 1170. The highest BCUT2D eigenvalue weighted by Gasteiger charge is 2.38. The van der Waals surface area contributed by atoms with Crippen molar-refractivity contribution in [2.45, 2.75) is 37.8 Å². The van der Waals surface area contributed by atoms with Crippen molar-refractivity contribution < 1.29 is 27.4 Å². The van der Waals surface area contributed by atoms with Gasteiger partial charge in [-0.2, -0.15) is 4.31 Å². The number of amides is 1. The molecule has 1 heterocycles. The molecule has 3 rings (SSSR count). The van der Waals surface area contributed by atoms with E-state index < -0.39 is 33.9 Å². The average Bonchev–Trinajstić information content (AvgIpc) is 2.80. The summed E-state index contributed by atoms with van der Waals surface area (Å²) in [6.07, 6.45) is 3.08. The first-order chi connectivity index (χ1) is 16.1. The fourth-order valence-electron chi connectivity index (χ4n) is 3.95. The lowest BCUT2D eigenvalue weighted by atomic mass is 10.0. The van der Waals surface area contributed by atoms with E-state index in [0.29, 0.717) is 0 Å². The smallest absolute Gasteiger partial charge is 0.256 e. The molecule has 2 aromatic rings. The summed E-state index contributed by atoms with van der Waals surface area (Å²) in [4.78, 5) is 14.3. The van der Waals surface area contributed by atoms with Gasteiger partial charge in [-0.1, -0.05) is 37.3 Å². The highest BCUT2D eigenvalue weighted by atomic mass is 32.2. The SMILES string of the molecule is C/C=C/c1ccc2c(c1)O[C@@H](CN(C)C(=O)c1ccccc1F)[C@@H](C)CN([C@H](C)CO)S2(=O)=O. The van der Waals surface area contributed by atoms with Gasteiger partial charge >= 0.3 is 0 Å². The van der Waals surface area contributed by atoms with Gasteiger partial charge in [0.25, 0.3) is 5.91 Å². The Labute approximate surface area is 200 Å². The standard InChI is InChI=1S/C25H31FN2O5S/c1-5-8-19-11-12-24-22(13-19)33-23(17(2)14-28(18(3)16-29)34(24,31)32)15-27(4)25(30)20-9-6-7-10-21(20)26/h5-13,17-18,23,29H,14-16H2,1-4H3/b8-5+/t17-,18+,23-/m0/s1. The largest absolute Gasteiger partial charge is 0.487 e. The number of carbonyl (C=O) groups excluding carboxylic acids is 1. The Morgan fingerprint density at radius 3 is 2.68 bits per heavy atom. The van der Waals surface area contributed by atoms with Crippen LogP contribution >= 0.6 is 0 Å². The molecule has 0 unspecified atom stereocenters. The van der Waals surface area contributed by atoms with E-state index in [1.54, 1.807) is 32.2 Å². The van der Waals surface area contributed by atoms with Gasteiger partial charge in [-0.15, -0.1) is 0 Å². The maximum atomic E-state index is 14.2. The van der Waals surface area contributed by atoms with E-state index in [0.717, 1.165) is 5.56 Å². The number of hydrogen-bond acceptors (Lipinski definition) is 5. The molecule has 0 spiro atoms. The first kappa shape index (κ1) is 25.9. The van der Waals surface area contributed by atoms with Gasteiger partial charge in [0.15, 0.2) is 0 Å². The van der Waals surface area contributed by atoms with Crippen LogP contribution in [-0.4, -0.2) is 67.5 Å². The second-order valence-corrected chi connectivity index (χ2v) is 10.5. The number of benzene rings is 2. The van der Waals surface area contributed by atoms with Crippen molar-refractivity contribution in [2.24, 2.45) is 5.92 Å². The van der Waals surface area contributed by atoms with Gasteiger partial charge in [-0.05, 0) is 43.7 Å². The van der Waals surface area contributed by atoms with Crippen molar-refractivity contribution in [3.05, 3.63) is 65.5 Å². The predicted octanol–water partition coefficient (Wildman–Crippen LogP) is 3.40. The van der Waals surface area contributed by atoms with Gasteiger partial charge in [0.2, 0.25) is 10.0 Å². The molecule has 3 atom stereocenters. The van der Waals surface area contributed by atoms with Gasteiger partial charge < -0.3 is 14.7 Å². The summed E-state index contributed by atoms with van der Waals surface area (Å²) in [6, 6.07) is 9.96. The third-order valence-corrected chi connectivity index (χ3v) is 7.97. The number of hydrogen-bond donors (Lipinski definition) is 1. The van der Waals surface area contributed by atoms with E-state index >= 15 is 0 Å². The predicted molar refractivity (Wildman–Crippen MR) is 129 cm³/mol. The Hall–Kier alpha value is -2.75. The molecule has 0 saturated heterocycles. The molecule has 1 N–H and O–H groups in total. The van der Waals surface area contributed by atoms with Crippen molar-refractivity contribution in [1.82, 2.24) is 9.21 Å². The van der Waals surface area contributed by atoms with Gasteiger partial charge in [-0.3, -0.25) is 4.79 Å². The molecule has 1 aliphatic heterocycles. The number of nitrogens with zero attached hydrogens (tertiary/aromatic N) is 2. The van der Waals surface area contributed by atoms with E-state index in [1.807, 2.05) is 26.0 Å². The fourth-order valence-corrected chi connectivity index (χ4v) is 5.78. The Morgan fingerprint density at radius 1 is 1.32 bits per heavy atom. The van der Waals surface area contributed by atoms with Crippen LogP contribution in [0.4, 0.5) is 4.39 Å². The van der Waals surface area contributed by atoms with Crippen molar-refractivity contribution in [2.75, 3.05) is 26.7 Å². The number of rotatable bonds is 6. The van der Waals surface area contributed by atoms with Crippen LogP contribution in [0.3, 0.4) is 0 Å². The van der Waals surface area contributed by atoms with Crippen LogP contribution in [-0.2, 0) is 10.0 Å². The zero-order chi connectivity index (χ0) is 25.0. The molecule has 0 saturated carbocycles. The molecule has 0 aromatic heterocycles. The van der Waals surface area contributed by atoms with Gasteiger partial charge in [0.1, 0.15) is 22.6 Å². The molecule has 2 aromatic carbocycles. The molecule has 0 radical (unpaired) electrons. The maximum absolute atomic E-state index is 14.2. The molecular weight excluding hydrogens is 459 g/mol. The molecule has 0 aliphatic carbocycles. The second kappa shape index (κ2) is 10.7. The number of halogens is 1. The Balaban J connectivity index is 2.01. The lowest BCUT2D eigenvalue weighted by molar-refractivity contribution is 0.0560. The highest BCUT2D eigenvalue weighted by Crippen LogP contribution is 2.34. The molecule has 9 heteroatoms. The zero-order valence-corrected chi connectivity index (χ0v) is 20.6. The van der Waals surface area contributed by atoms with Gasteiger partial charge in [0, 0.05) is 25.6 Å². The fraction of sp³-hybridized carbons (Fsp3) is 0.400. The highest BCUT2D eigenvalue weighted by molar-refractivity contribution is 7.89. The van der Waals surface area contributed by atoms with E-state index in [2.05, 4.69) is 0 Å². The maximum Gasteiger partial charge on any atom is 0.256 e. The summed E-state index contributed by atoms with van der Waals surface area (Å²) >= 11 is 0. The summed E-state index contributed by atoms with van der Waals surface area (Å²) in [6.45, 7) is 5.20. The topological polar surface area (TPSA) is 87.2 Å². The molecule has 184 valence electrons. The van der Waals surface area contributed by atoms with Crippen molar-refractivity contribution in [1.29, 1.82) is 0 Å². The van der Waals surface area contributed by atoms with Crippen molar-refractivity contribution in [3.8, 4) is 5.75 Å². The van der Waals surface area contributed by atoms with Crippen LogP contribution in [0.1, 0.15) is 36.7 Å². The Kier molecular flexibility index (Phi) is 8.12. The minimum atomic E-state index is -3.94. The molecule has 0 fully saturated rings. The summed E-state index contributed by atoms with van der Waals surface area (Å²) in [5.41, 5.74) is 0.721. The van der Waals surface area contributed by atoms with Crippen LogP contribution in [0.25, 0.3) is 6.08 Å². The van der Waals surface area contributed by atoms with Gasteiger partial charge in [-0.25, -0.2) is 12.8 Å². The van der Waals surface area contributed by atoms with E-state index in [9.17, 15) is 22.7 Å². The van der Waals surface area contributed by atoms with Crippen molar-refractivity contribution in [3.63, 3.8) is 0 Å². The minimum absolute atomic E-state index is 0.000960. The molecule has 1 aliphatic rings. The first-order valence-electron chi connectivity index (χ1n) is 11.2. The van der Waals surface area contributed by atoms with Crippen LogP contribution in [0.15, 0.2) is 53.4 Å². The van der Waals surface area contributed by atoms with Crippen LogP contribution in [0.2, 0.25) is 0 Å². The van der Waals surface area contributed by atoms with Crippen LogP contribution in [0.5, 0.6) is 5.75 Å². The number of fused-ring (bicyclic) bond motifs is 1. The summed E-state index contributed by atoms with van der Waals surface area (Å²) in [7, 11) is -2.38. The third-order valence-electron chi connectivity index (χ3n) is 5.96. The molecule has 0 bridgehead atoms. The summed E-state index contributed by atoms with van der Waals surface area (Å²) in [5.74, 6) is -1.26. The molecule has 7 nitrogen and oxygen atoms in total. The van der Waals surface area contributed by atoms with E-state index in [4.69, 9.17) is 4.74 Å². The number of aliphatic hydroxyl groups is 1. The second-order valence-electron chi connectivity index (χ2n) is 8.61. The first-order valence-corrected chi connectivity index (χ1v) is 12.6. The van der Waals surface area contributed by atoms with Crippen LogP contribution in [0, 0.1) is 11.7 Å². The lowest BCUT2D eigenvalue weighted by Crippen LogP contribution is -2.50. The third kappa shape index (κ3) is 5.32. The summed E-state index contributed by atoms with van der Waals surface area (Å²) in [5, 5.41) is 9.73. The molecule has 1 amide bonds. The van der Waals surface area contributed by atoms with E-state index in [1.165, 1.54) is 33.5 Å². The average molecular weight is 491 g/mol.